The summed E-state index contributed by atoms with van der Waals surface area (Å²) in [5.41, 5.74) is 4.67. The van der Waals surface area contributed by atoms with E-state index in [0.717, 1.165) is 43.9 Å². The highest BCUT2D eigenvalue weighted by Gasteiger charge is 2.25. The molecule has 2 amide bonds. The normalized spacial score (nSPS) is 16.2. The number of likely N-dealkylation sites (N-methyl/N-ethyl adjacent to an activating group) is 1. The number of rotatable bonds is 6. The maximum atomic E-state index is 12.3. The Bertz CT molecular complexity index is 1000. The third kappa shape index (κ3) is 7.14. The molecule has 8 nitrogen and oxygen atoms in total. The Morgan fingerprint density at radius 3 is 2.03 bits per heavy atom. The Labute approximate surface area is 194 Å². The number of hydroxylamine groups is 1. The maximum Gasteiger partial charge on any atom is 0.268 e. The second kappa shape index (κ2) is 11.6. The van der Waals surface area contributed by atoms with E-state index in [1.54, 1.807) is 24.3 Å². The fraction of sp³-hybridized carbons (Fsp3) is 0.360. The van der Waals surface area contributed by atoms with E-state index < -0.39 is 24.0 Å². The first-order chi connectivity index (χ1) is 15.9. The molecular weight excluding hydrogens is 420 g/mol. The van der Waals surface area contributed by atoms with Crippen molar-refractivity contribution in [1.29, 1.82) is 0 Å². The smallest absolute Gasteiger partial charge is 0.268 e. The van der Waals surface area contributed by atoms with Crippen LogP contribution in [0.1, 0.15) is 34.0 Å². The van der Waals surface area contributed by atoms with Crippen molar-refractivity contribution in [1.82, 2.24) is 20.6 Å². The monoisotopic (exact) mass is 450 g/mol. The van der Waals surface area contributed by atoms with Gasteiger partial charge in [0.15, 0.2) is 0 Å². The molecule has 2 aromatic carbocycles. The summed E-state index contributed by atoms with van der Waals surface area (Å²) in [4.78, 5) is 28.7. The third-order valence-electron chi connectivity index (χ3n) is 5.62. The summed E-state index contributed by atoms with van der Waals surface area (Å²) in [6.07, 6.45) is -1.17. The Hall–Kier alpha value is -3.22. The lowest BCUT2D eigenvalue weighted by atomic mass is 10.1. The molecule has 0 saturated carbocycles. The van der Waals surface area contributed by atoms with E-state index in [2.05, 4.69) is 46.1 Å². The zero-order valence-corrected chi connectivity index (χ0v) is 18.9. The number of benzene rings is 2. The first kappa shape index (κ1) is 24.4. The minimum absolute atomic E-state index is 0.310. The van der Waals surface area contributed by atoms with E-state index >= 15 is 0 Å². The topological polar surface area (TPSA) is 105 Å². The fourth-order valence-electron chi connectivity index (χ4n) is 3.51. The van der Waals surface area contributed by atoms with Gasteiger partial charge in [-0.15, -0.1) is 0 Å². The summed E-state index contributed by atoms with van der Waals surface area (Å²) in [7, 11) is 2.15. The molecule has 0 bridgehead atoms. The number of aliphatic hydroxyl groups is 1. The SMILES string of the molecule is CC(O)C(NC(=O)c1ccc(C#Cc2ccc(CN3CCN(C)CC3)cc2)cc1)C(=O)NO. The van der Waals surface area contributed by atoms with Crippen molar-refractivity contribution >= 4 is 11.8 Å². The minimum Gasteiger partial charge on any atom is -0.391 e. The van der Waals surface area contributed by atoms with Gasteiger partial charge >= 0.3 is 0 Å². The Balaban J connectivity index is 1.57. The van der Waals surface area contributed by atoms with Crippen molar-refractivity contribution < 1.29 is 19.9 Å². The lowest BCUT2D eigenvalue weighted by Crippen LogP contribution is -2.51. The predicted octanol–water partition coefficient (Wildman–Crippen LogP) is 0.818. The lowest BCUT2D eigenvalue weighted by Gasteiger charge is -2.32. The Morgan fingerprint density at radius 2 is 1.52 bits per heavy atom. The van der Waals surface area contributed by atoms with Crippen LogP contribution in [0, 0.1) is 11.8 Å². The van der Waals surface area contributed by atoms with Crippen LogP contribution in [0.3, 0.4) is 0 Å². The van der Waals surface area contributed by atoms with Crippen molar-refractivity contribution in [2.45, 2.75) is 25.6 Å². The number of hydrogen-bond donors (Lipinski definition) is 4. The van der Waals surface area contributed by atoms with E-state index in [4.69, 9.17) is 5.21 Å². The average Bonchev–Trinajstić information content (AvgIpc) is 2.83. The summed E-state index contributed by atoms with van der Waals surface area (Å²) in [5, 5.41) is 20.8. The summed E-state index contributed by atoms with van der Waals surface area (Å²) in [6, 6.07) is 13.6. The molecule has 0 spiro atoms. The van der Waals surface area contributed by atoms with Crippen LogP contribution in [-0.2, 0) is 11.3 Å². The van der Waals surface area contributed by atoms with Crippen LogP contribution in [0.25, 0.3) is 0 Å². The Morgan fingerprint density at radius 1 is 0.970 bits per heavy atom. The van der Waals surface area contributed by atoms with E-state index in [1.807, 2.05) is 12.1 Å². The van der Waals surface area contributed by atoms with E-state index in [9.17, 15) is 14.7 Å². The zero-order valence-electron chi connectivity index (χ0n) is 18.9. The maximum absolute atomic E-state index is 12.3. The van der Waals surface area contributed by atoms with Crippen molar-refractivity contribution in [3.05, 3.63) is 70.8 Å². The number of piperazine rings is 1. The van der Waals surface area contributed by atoms with Crippen molar-refractivity contribution in [2.75, 3.05) is 33.2 Å². The number of carbonyl (C=O) groups is 2. The molecule has 0 aromatic heterocycles. The number of nitrogens with one attached hydrogen (secondary N) is 2. The molecule has 8 heteroatoms. The number of carbonyl (C=O) groups excluding carboxylic acids is 2. The molecule has 174 valence electrons. The fourth-order valence-corrected chi connectivity index (χ4v) is 3.51. The second-order valence-electron chi connectivity index (χ2n) is 8.27. The van der Waals surface area contributed by atoms with Gasteiger partial charge in [-0.2, -0.15) is 0 Å². The van der Waals surface area contributed by atoms with Gasteiger partial charge in [0.1, 0.15) is 6.04 Å². The van der Waals surface area contributed by atoms with Gasteiger partial charge in [0.05, 0.1) is 6.10 Å². The van der Waals surface area contributed by atoms with Crippen LogP contribution in [-0.4, -0.2) is 77.3 Å². The molecule has 1 aliphatic heterocycles. The lowest BCUT2D eigenvalue weighted by molar-refractivity contribution is -0.133. The van der Waals surface area contributed by atoms with E-state index in [1.165, 1.54) is 18.0 Å². The van der Waals surface area contributed by atoms with Crippen LogP contribution in [0.15, 0.2) is 48.5 Å². The molecule has 1 fully saturated rings. The number of nitrogens with zero attached hydrogens (tertiary/aromatic N) is 2. The van der Waals surface area contributed by atoms with E-state index in [0.29, 0.717) is 5.56 Å². The summed E-state index contributed by atoms with van der Waals surface area (Å²) >= 11 is 0. The number of aliphatic hydroxyl groups excluding tert-OH is 1. The highest BCUT2D eigenvalue weighted by atomic mass is 16.5. The number of amides is 2. The minimum atomic E-state index is -1.26. The van der Waals surface area contributed by atoms with E-state index in [-0.39, 0.29) is 0 Å². The van der Waals surface area contributed by atoms with Gasteiger partial charge in [0.2, 0.25) is 0 Å². The molecule has 2 unspecified atom stereocenters. The molecular formula is C25H30N4O4. The third-order valence-corrected chi connectivity index (χ3v) is 5.62. The van der Waals surface area contributed by atoms with Crippen LogP contribution >= 0.6 is 0 Å². The van der Waals surface area contributed by atoms with Gasteiger partial charge in [-0.3, -0.25) is 19.7 Å². The quantitative estimate of drug-likeness (QED) is 0.295. The van der Waals surface area contributed by atoms with Crippen LogP contribution in [0.5, 0.6) is 0 Å². The molecule has 0 radical (unpaired) electrons. The second-order valence-corrected chi connectivity index (χ2v) is 8.27. The van der Waals surface area contributed by atoms with Gasteiger partial charge in [0.25, 0.3) is 11.8 Å². The molecule has 1 heterocycles. The van der Waals surface area contributed by atoms with Gasteiger partial charge in [-0.05, 0) is 55.9 Å². The van der Waals surface area contributed by atoms with Gasteiger partial charge < -0.3 is 15.3 Å². The first-order valence-electron chi connectivity index (χ1n) is 10.9. The summed E-state index contributed by atoms with van der Waals surface area (Å²) < 4.78 is 0. The van der Waals surface area contributed by atoms with Crippen LogP contribution in [0.2, 0.25) is 0 Å². The van der Waals surface area contributed by atoms with Crippen molar-refractivity contribution in [3.63, 3.8) is 0 Å². The molecule has 1 aliphatic rings. The van der Waals surface area contributed by atoms with Crippen molar-refractivity contribution in [3.8, 4) is 11.8 Å². The zero-order chi connectivity index (χ0) is 23.8. The summed E-state index contributed by atoms with van der Waals surface area (Å²) in [5.74, 6) is 4.78. The average molecular weight is 451 g/mol. The largest absolute Gasteiger partial charge is 0.391 e. The van der Waals surface area contributed by atoms with Crippen LogP contribution < -0.4 is 10.8 Å². The highest BCUT2D eigenvalue weighted by molar-refractivity contribution is 5.97. The molecule has 3 rings (SSSR count). The molecule has 2 aromatic rings. The van der Waals surface area contributed by atoms with Gasteiger partial charge in [-0.25, -0.2) is 5.48 Å². The summed E-state index contributed by atoms with van der Waals surface area (Å²) in [6.45, 7) is 6.66. The standard InChI is InChI=1S/C25H30N4O4/c1-18(30)23(25(32)27-33)26-24(31)22-11-9-20(10-12-22)4-3-19-5-7-21(8-6-19)17-29-15-13-28(2)14-16-29/h5-12,18,23,30,33H,13-17H2,1-2H3,(H,26,31)(H,27,32). The molecule has 33 heavy (non-hydrogen) atoms. The Kier molecular flexibility index (Phi) is 8.58. The highest BCUT2D eigenvalue weighted by Crippen LogP contribution is 2.10. The molecule has 1 saturated heterocycles. The van der Waals surface area contributed by atoms with Gasteiger partial charge in [-0.1, -0.05) is 24.0 Å². The van der Waals surface area contributed by atoms with Crippen LogP contribution in [0.4, 0.5) is 0 Å². The molecule has 0 aliphatic carbocycles. The molecule has 4 N–H and O–H groups in total. The van der Waals surface area contributed by atoms with Gasteiger partial charge in [0, 0.05) is 49.4 Å². The first-order valence-corrected chi connectivity index (χ1v) is 10.9. The van der Waals surface area contributed by atoms with Crippen molar-refractivity contribution in [2.24, 2.45) is 0 Å². The number of hydrogen-bond acceptors (Lipinski definition) is 6. The predicted molar refractivity (Wildman–Crippen MR) is 125 cm³/mol. The molecule has 2 atom stereocenters.